The molecule has 1 aromatic rings. The fourth-order valence-electron chi connectivity index (χ4n) is 2.06. The van der Waals surface area contributed by atoms with Crippen molar-refractivity contribution in [1.82, 2.24) is 9.88 Å². The van der Waals surface area contributed by atoms with Crippen molar-refractivity contribution in [3.05, 3.63) is 30.1 Å². The van der Waals surface area contributed by atoms with Gasteiger partial charge in [0.25, 0.3) is 0 Å². The zero-order valence-corrected chi connectivity index (χ0v) is 10.1. The van der Waals surface area contributed by atoms with E-state index in [4.69, 9.17) is 0 Å². The molecule has 84 valence electrons. The van der Waals surface area contributed by atoms with Crippen LogP contribution in [0.5, 0.6) is 0 Å². The van der Waals surface area contributed by atoms with Gasteiger partial charge in [0.15, 0.2) is 0 Å². The summed E-state index contributed by atoms with van der Waals surface area (Å²) in [5.41, 5.74) is 1.40. The van der Waals surface area contributed by atoms with Gasteiger partial charge in [0.1, 0.15) is 0 Å². The fourth-order valence-corrected chi connectivity index (χ4v) is 2.06. The summed E-state index contributed by atoms with van der Waals surface area (Å²) in [7, 11) is 2.20. The summed E-state index contributed by atoms with van der Waals surface area (Å²) in [6, 6.07) is 4.22. The molecule has 0 aliphatic carbocycles. The topological polar surface area (TPSA) is 16.1 Å². The van der Waals surface area contributed by atoms with Crippen LogP contribution in [-0.2, 0) is 0 Å². The highest BCUT2D eigenvalue weighted by Crippen LogP contribution is 2.24. The zero-order valence-electron chi connectivity index (χ0n) is 10.1. The molecule has 0 bridgehead atoms. The van der Waals surface area contributed by atoms with Gasteiger partial charge in [0.05, 0.1) is 0 Å². The quantitative estimate of drug-likeness (QED) is 0.702. The third-order valence-corrected chi connectivity index (χ3v) is 2.78. The number of pyridine rings is 1. The molecule has 1 unspecified atom stereocenters. The highest BCUT2D eigenvalue weighted by Gasteiger charge is 2.18. The first-order valence-corrected chi connectivity index (χ1v) is 5.95. The van der Waals surface area contributed by atoms with E-state index in [1.807, 2.05) is 32.3 Å². The molecule has 1 aliphatic heterocycles. The van der Waals surface area contributed by atoms with Crippen LogP contribution >= 0.6 is 0 Å². The minimum absolute atomic E-state index is 0.701. The van der Waals surface area contributed by atoms with Crippen LogP contribution in [0.25, 0.3) is 0 Å². The Balaban J connectivity index is 0.000000531. The zero-order chi connectivity index (χ0) is 11.1. The van der Waals surface area contributed by atoms with Crippen LogP contribution in [0.1, 0.15) is 38.2 Å². The molecular formula is C13H22N2. The Morgan fingerprint density at radius 2 is 2.20 bits per heavy atom. The predicted octanol–water partition coefficient (Wildman–Crippen LogP) is 2.92. The van der Waals surface area contributed by atoms with E-state index in [9.17, 15) is 0 Å². The molecule has 1 aromatic heterocycles. The molecule has 0 aromatic carbocycles. The number of nitrogens with zero attached hydrogens (tertiary/aromatic N) is 2. The maximum atomic E-state index is 4.17. The third kappa shape index (κ3) is 3.63. The SMILES string of the molecule is CC.CN1CCCC(c2cccnc2)C1. The first kappa shape index (κ1) is 12.2. The molecule has 0 amide bonds. The highest BCUT2D eigenvalue weighted by molar-refractivity contribution is 5.15. The molecular weight excluding hydrogens is 184 g/mol. The van der Waals surface area contributed by atoms with E-state index in [1.165, 1.54) is 31.5 Å². The molecule has 0 saturated carbocycles. The van der Waals surface area contributed by atoms with Gasteiger partial charge in [-0.15, -0.1) is 0 Å². The standard InChI is InChI=1S/C11H16N2.C2H6/c1-13-7-3-5-11(9-13)10-4-2-6-12-8-10;1-2/h2,4,6,8,11H,3,5,7,9H2,1H3;1-2H3. The number of hydrogen-bond donors (Lipinski definition) is 0. The molecule has 2 nitrogen and oxygen atoms in total. The molecule has 1 saturated heterocycles. The minimum Gasteiger partial charge on any atom is -0.306 e. The number of rotatable bonds is 1. The fraction of sp³-hybridized carbons (Fsp3) is 0.615. The lowest BCUT2D eigenvalue weighted by atomic mass is 9.92. The van der Waals surface area contributed by atoms with E-state index in [0.717, 1.165) is 0 Å². The second-order valence-electron chi connectivity index (χ2n) is 3.89. The molecule has 0 radical (unpaired) electrons. The molecule has 2 heteroatoms. The van der Waals surface area contributed by atoms with E-state index in [-0.39, 0.29) is 0 Å². The second kappa shape index (κ2) is 6.57. The van der Waals surface area contributed by atoms with Crippen molar-refractivity contribution < 1.29 is 0 Å². The molecule has 1 aliphatic rings. The number of likely N-dealkylation sites (tertiary alicyclic amines) is 1. The van der Waals surface area contributed by atoms with Crippen LogP contribution in [0.4, 0.5) is 0 Å². The van der Waals surface area contributed by atoms with Crippen LogP contribution in [0.3, 0.4) is 0 Å². The van der Waals surface area contributed by atoms with Gasteiger partial charge in [-0.2, -0.15) is 0 Å². The normalized spacial score (nSPS) is 21.7. The van der Waals surface area contributed by atoms with Crippen molar-refractivity contribution in [1.29, 1.82) is 0 Å². The van der Waals surface area contributed by atoms with Gasteiger partial charge in [-0.25, -0.2) is 0 Å². The van der Waals surface area contributed by atoms with Crippen LogP contribution in [-0.4, -0.2) is 30.0 Å². The summed E-state index contributed by atoms with van der Waals surface area (Å²) in [4.78, 5) is 6.57. The lowest BCUT2D eigenvalue weighted by Crippen LogP contribution is -2.30. The number of likely N-dealkylation sites (N-methyl/N-ethyl adjacent to an activating group) is 1. The summed E-state index contributed by atoms with van der Waals surface area (Å²) in [5, 5.41) is 0. The second-order valence-corrected chi connectivity index (χ2v) is 3.89. The first-order valence-electron chi connectivity index (χ1n) is 5.95. The van der Waals surface area contributed by atoms with Crippen LogP contribution in [0, 0.1) is 0 Å². The van der Waals surface area contributed by atoms with Gasteiger partial charge in [0, 0.05) is 18.9 Å². The van der Waals surface area contributed by atoms with Crippen molar-refractivity contribution >= 4 is 0 Å². The van der Waals surface area contributed by atoms with Gasteiger partial charge in [-0.3, -0.25) is 4.98 Å². The number of aromatic nitrogens is 1. The minimum atomic E-state index is 0.701. The first-order chi connectivity index (χ1) is 7.36. The van der Waals surface area contributed by atoms with Crippen LogP contribution in [0.15, 0.2) is 24.5 Å². The maximum absolute atomic E-state index is 4.17. The summed E-state index contributed by atoms with van der Waals surface area (Å²) in [6.07, 6.45) is 6.48. The van der Waals surface area contributed by atoms with Crippen molar-refractivity contribution in [3.63, 3.8) is 0 Å². The van der Waals surface area contributed by atoms with Crippen molar-refractivity contribution in [2.75, 3.05) is 20.1 Å². The van der Waals surface area contributed by atoms with E-state index >= 15 is 0 Å². The van der Waals surface area contributed by atoms with Crippen LogP contribution < -0.4 is 0 Å². The summed E-state index contributed by atoms with van der Waals surface area (Å²) in [5.74, 6) is 0.701. The van der Waals surface area contributed by atoms with E-state index in [1.54, 1.807) is 0 Å². The van der Waals surface area contributed by atoms with E-state index < -0.39 is 0 Å². The van der Waals surface area contributed by atoms with E-state index in [0.29, 0.717) is 5.92 Å². The summed E-state index contributed by atoms with van der Waals surface area (Å²) < 4.78 is 0. The molecule has 1 fully saturated rings. The molecule has 2 heterocycles. The Labute approximate surface area is 93.3 Å². The van der Waals surface area contributed by atoms with Gasteiger partial charge < -0.3 is 4.90 Å². The average molecular weight is 206 g/mol. The Bertz CT molecular complexity index is 258. The average Bonchev–Trinajstić information content (AvgIpc) is 2.33. The van der Waals surface area contributed by atoms with Gasteiger partial charge >= 0.3 is 0 Å². The Hall–Kier alpha value is -0.890. The largest absolute Gasteiger partial charge is 0.306 e. The summed E-state index contributed by atoms with van der Waals surface area (Å²) >= 11 is 0. The Morgan fingerprint density at radius 1 is 1.40 bits per heavy atom. The molecule has 15 heavy (non-hydrogen) atoms. The maximum Gasteiger partial charge on any atom is 0.0303 e. The number of piperidine rings is 1. The highest BCUT2D eigenvalue weighted by atomic mass is 15.1. The van der Waals surface area contributed by atoms with Crippen molar-refractivity contribution in [2.45, 2.75) is 32.6 Å². The van der Waals surface area contributed by atoms with Gasteiger partial charge in [-0.1, -0.05) is 19.9 Å². The third-order valence-electron chi connectivity index (χ3n) is 2.78. The lowest BCUT2D eigenvalue weighted by Gasteiger charge is -2.29. The van der Waals surface area contributed by atoms with Crippen LogP contribution in [0.2, 0.25) is 0 Å². The molecule has 1 atom stereocenters. The lowest BCUT2D eigenvalue weighted by molar-refractivity contribution is 0.250. The number of hydrogen-bond acceptors (Lipinski definition) is 2. The Kier molecular flexibility index (Phi) is 5.33. The molecule has 0 N–H and O–H groups in total. The monoisotopic (exact) mass is 206 g/mol. The predicted molar refractivity (Wildman–Crippen MR) is 65.1 cm³/mol. The molecule has 0 spiro atoms. The van der Waals surface area contributed by atoms with Gasteiger partial charge in [0.2, 0.25) is 0 Å². The Morgan fingerprint density at radius 3 is 2.80 bits per heavy atom. The van der Waals surface area contributed by atoms with Gasteiger partial charge in [-0.05, 0) is 44.0 Å². The van der Waals surface area contributed by atoms with Crippen molar-refractivity contribution in [2.24, 2.45) is 0 Å². The van der Waals surface area contributed by atoms with E-state index in [2.05, 4.69) is 23.0 Å². The molecule has 2 rings (SSSR count). The van der Waals surface area contributed by atoms with Crippen molar-refractivity contribution in [3.8, 4) is 0 Å². The smallest absolute Gasteiger partial charge is 0.0303 e. The summed E-state index contributed by atoms with van der Waals surface area (Å²) in [6.45, 7) is 6.43.